The van der Waals surface area contributed by atoms with Crippen molar-refractivity contribution in [3.63, 3.8) is 0 Å². The number of benzene rings is 1. The molecule has 1 aliphatic heterocycles. The molecule has 0 saturated carbocycles. The fourth-order valence-electron chi connectivity index (χ4n) is 2.60. The van der Waals surface area contributed by atoms with Crippen molar-refractivity contribution in [2.45, 2.75) is 18.9 Å². The van der Waals surface area contributed by atoms with Gasteiger partial charge in [0, 0.05) is 6.04 Å². The number of carboxylic acid groups (broad SMARTS) is 1. The lowest BCUT2D eigenvalue weighted by molar-refractivity contribution is -0.145. The number of piperidine rings is 1. The number of rotatable bonds is 2. The van der Waals surface area contributed by atoms with Crippen molar-refractivity contribution in [2.75, 3.05) is 13.6 Å². The second-order valence-electron chi connectivity index (χ2n) is 4.57. The zero-order valence-corrected chi connectivity index (χ0v) is 9.77. The first kappa shape index (κ1) is 12.0. The lowest BCUT2D eigenvalue weighted by Crippen LogP contribution is -2.39. The first-order chi connectivity index (χ1) is 8.09. The molecule has 2 atom stereocenters. The molecule has 1 N–H and O–H groups in total. The van der Waals surface area contributed by atoms with Crippen LogP contribution in [0, 0.1) is 11.7 Å². The van der Waals surface area contributed by atoms with Crippen LogP contribution in [0.1, 0.15) is 24.4 Å². The molecule has 2 unspecified atom stereocenters. The zero-order valence-electron chi connectivity index (χ0n) is 9.77. The molecular formula is C13H16FNO2. The van der Waals surface area contributed by atoms with Gasteiger partial charge in [-0.05, 0) is 44.1 Å². The normalized spacial score (nSPS) is 25.8. The number of nitrogens with zero attached hydrogens (tertiary/aromatic N) is 1. The maximum absolute atomic E-state index is 13.2. The fourth-order valence-corrected chi connectivity index (χ4v) is 2.60. The topological polar surface area (TPSA) is 40.5 Å². The Hall–Kier alpha value is -1.42. The molecule has 0 aromatic heterocycles. The Morgan fingerprint density at radius 2 is 2.29 bits per heavy atom. The minimum Gasteiger partial charge on any atom is -0.481 e. The highest BCUT2D eigenvalue weighted by Gasteiger charge is 2.35. The molecule has 3 nitrogen and oxygen atoms in total. The zero-order chi connectivity index (χ0) is 12.4. The molecule has 1 heterocycles. The van der Waals surface area contributed by atoms with Gasteiger partial charge in [-0.25, -0.2) is 4.39 Å². The second-order valence-corrected chi connectivity index (χ2v) is 4.57. The SMILES string of the molecule is CN1CCCC(C(=O)O)C1c1cccc(F)c1. The highest BCUT2D eigenvalue weighted by atomic mass is 19.1. The highest BCUT2D eigenvalue weighted by Crippen LogP contribution is 2.35. The lowest BCUT2D eigenvalue weighted by atomic mass is 9.85. The van der Waals surface area contributed by atoms with Crippen LogP contribution in [-0.4, -0.2) is 29.6 Å². The van der Waals surface area contributed by atoms with Crippen molar-refractivity contribution in [2.24, 2.45) is 5.92 Å². The molecule has 0 amide bonds. The largest absolute Gasteiger partial charge is 0.481 e. The summed E-state index contributed by atoms with van der Waals surface area (Å²) in [5, 5.41) is 9.24. The van der Waals surface area contributed by atoms with Gasteiger partial charge in [0.25, 0.3) is 0 Å². The fraction of sp³-hybridized carbons (Fsp3) is 0.462. The van der Waals surface area contributed by atoms with E-state index in [0.29, 0.717) is 6.42 Å². The number of hydrogen-bond donors (Lipinski definition) is 1. The van der Waals surface area contributed by atoms with Gasteiger partial charge >= 0.3 is 5.97 Å². The van der Waals surface area contributed by atoms with Gasteiger partial charge in [0.1, 0.15) is 5.82 Å². The van der Waals surface area contributed by atoms with Gasteiger partial charge in [-0.2, -0.15) is 0 Å². The average molecular weight is 237 g/mol. The van der Waals surface area contributed by atoms with Crippen molar-refractivity contribution in [1.82, 2.24) is 4.90 Å². The average Bonchev–Trinajstić information content (AvgIpc) is 2.28. The molecule has 17 heavy (non-hydrogen) atoms. The van der Waals surface area contributed by atoms with E-state index >= 15 is 0 Å². The summed E-state index contributed by atoms with van der Waals surface area (Å²) in [6.07, 6.45) is 1.53. The van der Waals surface area contributed by atoms with Gasteiger partial charge in [0.15, 0.2) is 0 Å². The first-order valence-electron chi connectivity index (χ1n) is 5.78. The van der Waals surface area contributed by atoms with Gasteiger partial charge in [-0.3, -0.25) is 9.69 Å². The monoisotopic (exact) mass is 237 g/mol. The minimum absolute atomic E-state index is 0.225. The molecular weight excluding hydrogens is 221 g/mol. The van der Waals surface area contributed by atoms with Crippen LogP contribution in [0.15, 0.2) is 24.3 Å². The van der Waals surface area contributed by atoms with Gasteiger partial charge in [0.2, 0.25) is 0 Å². The molecule has 92 valence electrons. The van der Waals surface area contributed by atoms with Crippen molar-refractivity contribution in [1.29, 1.82) is 0 Å². The van der Waals surface area contributed by atoms with E-state index in [4.69, 9.17) is 0 Å². The molecule has 4 heteroatoms. The van der Waals surface area contributed by atoms with E-state index in [1.807, 2.05) is 11.9 Å². The van der Waals surface area contributed by atoms with E-state index < -0.39 is 11.9 Å². The molecule has 1 fully saturated rings. The molecule has 1 aromatic carbocycles. The number of carboxylic acids is 1. The molecule has 0 bridgehead atoms. The summed E-state index contributed by atoms with van der Waals surface area (Å²) in [5.41, 5.74) is 0.750. The van der Waals surface area contributed by atoms with Crippen molar-refractivity contribution in [3.05, 3.63) is 35.6 Å². The van der Waals surface area contributed by atoms with Gasteiger partial charge in [-0.1, -0.05) is 12.1 Å². The number of likely N-dealkylation sites (tertiary alicyclic amines) is 1. The highest BCUT2D eigenvalue weighted by molar-refractivity contribution is 5.71. The Bertz CT molecular complexity index is 422. The first-order valence-corrected chi connectivity index (χ1v) is 5.78. The number of aliphatic carboxylic acids is 1. The summed E-state index contributed by atoms with van der Waals surface area (Å²) in [6, 6.07) is 6.01. The van der Waals surface area contributed by atoms with Crippen LogP contribution in [-0.2, 0) is 4.79 Å². The third kappa shape index (κ3) is 2.47. The lowest BCUT2D eigenvalue weighted by Gasteiger charge is -2.37. The predicted octanol–water partition coefficient (Wildman–Crippen LogP) is 2.29. The molecule has 0 radical (unpaired) electrons. The standard InChI is InChI=1S/C13H16FNO2/c1-15-7-3-6-11(13(16)17)12(15)9-4-2-5-10(14)8-9/h2,4-5,8,11-12H,3,6-7H2,1H3,(H,16,17). The summed E-state index contributed by atoms with van der Waals surface area (Å²) < 4.78 is 13.2. The molecule has 1 saturated heterocycles. The summed E-state index contributed by atoms with van der Waals surface area (Å²) >= 11 is 0. The summed E-state index contributed by atoms with van der Waals surface area (Å²) in [6.45, 7) is 0.852. The molecule has 1 aliphatic rings. The third-order valence-electron chi connectivity index (χ3n) is 3.39. The van der Waals surface area contributed by atoms with Gasteiger partial charge in [-0.15, -0.1) is 0 Å². The maximum atomic E-state index is 13.2. The van der Waals surface area contributed by atoms with Crippen LogP contribution in [0.5, 0.6) is 0 Å². The van der Waals surface area contributed by atoms with Crippen LogP contribution in [0.4, 0.5) is 4.39 Å². The second kappa shape index (κ2) is 4.84. The van der Waals surface area contributed by atoms with Crippen LogP contribution in [0.2, 0.25) is 0 Å². The van der Waals surface area contributed by atoms with Crippen molar-refractivity contribution >= 4 is 5.97 Å². The Morgan fingerprint density at radius 3 is 2.94 bits per heavy atom. The third-order valence-corrected chi connectivity index (χ3v) is 3.39. The predicted molar refractivity (Wildman–Crippen MR) is 62.1 cm³/mol. The number of hydrogen-bond acceptors (Lipinski definition) is 2. The van der Waals surface area contributed by atoms with Crippen molar-refractivity contribution < 1.29 is 14.3 Å². The molecule has 0 aliphatic carbocycles. The van der Waals surface area contributed by atoms with Crippen LogP contribution < -0.4 is 0 Å². The smallest absolute Gasteiger partial charge is 0.308 e. The quantitative estimate of drug-likeness (QED) is 0.858. The Kier molecular flexibility index (Phi) is 3.43. The van der Waals surface area contributed by atoms with Gasteiger partial charge in [0.05, 0.1) is 5.92 Å². The van der Waals surface area contributed by atoms with E-state index in [1.54, 1.807) is 12.1 Å². The summed E-state index contributed by atoms with van der Waals surface area (Å²) in [7, 11) is 1.89. The number of carbonyl (C=O) groups is 1. The van der Waals surface area contributed by atoms with Crippen LogP contribution in [0.3, 0.4) is 0 Å². The minimum atomic E-state index is -0.800. The maximum Gasteiger partial charge on any atom is 0.308 e. The van der Waals surface area contributed by atoms with E-state index in [9.17, 15) is 14.3 Å². The molecule has 0 spiro atoms. The van der Waals surface area contributed by atoms with Crippen LogP contribution >= 0.6 is 0 Å². The van der Waals surface area contributed by atoms with E-state index in [-0.39, 0.29) is 11.9 Å². The summed E-state index contributed by atoms with van der Waals surface area (Å²) in [4.78, 5) is 13.2. The summed E-state index contributed by atoms with van der Waals surface area (Å²) in [5.74, 6) is -1.56. The van der Waals surface area contributed by atoms with Crippen molar-refractivity contribution in [3.8, 4) is 0 Å². The Balaban J connectivity index is 2.34. The van der Waals surface area contributed by atoms with E-state index in [2.05, 4.69) is 0 Å². The molecule has 1 aromatic rings. The Labute approximate surface area is 99.9 Å². The van der Waals surface area contributed by atoms with E-state index in [0.717, 1.165) is 18.5 Å². The van der Waals surface area contributed by atoms with E-state index in [1.165, 1.54) is 12.1 Å². The van der Waals surface area contributed by atoms with Gasteiger partial charge < -0.3 is 5.11 Å². The van der Waals surface area contributed by atoms with Crippen LogP contribution in [0.25, 0.3) is 0 Å². The number of halogens is 1. The molecule has 2 rings (SSSR count). The Morgan fingerprint density at radius 1 is 1.53 bits per heavy atom.